The fourth-order valence-electron chi connectivity index (χ4n) is 0.788. The summed E-state index contributed by atoms with van der Waals surface area (Å²) in [6, 6.07) is 0. The van der Waals surface area contributed by atoms with Gasteiger partial charge < -0.3 is 10.6 Å². The van der Waals surface area contributed by atoms with Crippen molar-refractivity contribution in [1.82, 2.24) is 4.90 Å². The van der Waals surface area contributed by atoms with Crippen LogP contribution in [0.2, 0.25) is 0 Å². The summed E-state index contributed by atoms with van der Waals surface area (Å²) < 4.78 is 0. The van der Waals surface area contributed by atoms with Gasteiger partial charge in [0.25, 0.3) is 0 Å². The molecular formula is C5H13ClN2. The SMILES string of the molecule is Cl.NCCN1CCC1. The van der Waals surface area contributed by atoms with Crippen molar-refractivity contribution in [1.29, 1.82) is 0 Å². The van der Waals surface area contributed by atoms with Crippen LogP contribution in [-0.4, -0.2) is 31.1 Å². The molecule has 0 radical (unpaired) electrons. The largest absolute Gasteiger partial charge is 0.329 e. The summed E-state index contributed by atoms with van der Waals surface area (Å²) in [4.78, 5) is 2.36. The molecule has 0 aromatic carbocycles. The molecule has 1 aliphatic heterocycles. The Kier molecular flexibility index (Phi) is 4.23. The number of hydrogen-bond donors (Lipinski definition) is 1. The summed E-state index contributed by atoms with van der Waals surface area (Å²) in [7, 11) is 0. The van der Waals surface area contributed by atoms with E-state index in [2.05, 4.69) is 4.90 Å². The average Bonchev–Trinajstić information content (AvgIpc) is 1.55. The number of nitrogens with zero attached hydrogens (tertiary/aromatic N) is 1. The summed E-state index contributed by atoms with van der Waals surface area (Å²) in [5.74, 6) is 0. The van der Waals surface area contributed by atoms with Crippen molar-refractivity contribution in [3.05, 3.63) is 0 Å². The van der Waals surface area contributed by atoms with Gasteiger partial charge in [-0.1, -0.05) is 0 Å². The first-order valence-corrected chi connectivity index (χ1v) is 2.86. The number of likely N-dealkylation sites (tertiary alicyclic amines) is 1. The molecule has 1 aliphatic rings. The molecule has 1 rings (SSSR count). The molecule has 0 saturated carbocycles. The third-order valence-corrected chi connectivity index (χ3v) is 1.39. The van der Waals surface area contributed by atoms with Gasteiger partial charge in [-0.2, -0.15) is 0 Å². The monoisotopic (exact) mass is 136 g/mol. The molecule has 0 aromatic heterocycles. The van der Waals surface area contributed by atoms with Gasteiger partial charge in [0.05, 0.1) is 0 Å². The number of halogens is 1. The van der Waals surface area contributed by atoms with Crippen LogP contribution in [0.25, 0.3) is 0 Å². The van der Waals surface area contributed by atoms with Crippen LogP contribution < -0.4 is 5.73 Å². The molecule has 0 aliphatic carbocycles. The Labute approximate surface area is 56.4 Å². The van der Waals surface area contributed by atoms with E-state index in [-0.39, 0.29) is 12.4 Å². The van der Waals surface area contributed by atoms with Crippen molar-refractivity contribution in [2.24, 2.45) is 5.73 Å². The van der Waals surface area contributed by atoms with E-state index in [9.17, 15) is 0 Å². The molecule has 1 heterocycles. The van der Waals surface area contributed by atoms with Gasteiger partial charge in [0.15, 0.2) is 0 Å². The third kappa shape index (κ3) is 1.99. The van der Waals surface area contributed by atoms with E-state index >= 15 is 0 Å². The van der Waals surface area contributed by atoms with Crippen LogP contribution in [0, 0.1) is 0 Å². The minimum atomic E-state index is 0. The van der Waals surface area contributed by atoms with Crippen molar-refractivity contribution >= 4 is 12.4 Å². The van der Waals surface area contributed by atoms with Gasteiger partial charge in [0.2, 0.25) is 0 Å². The van der Waals surface area contributed by atoms with Crippen molar-refractivity contribution in [3.8, 4) is 0 Å². The Hall–Kier alpha value is 0.210. The molecule has 0 spiro atoms. The smallest absolute Gasteiger partial charge is 0.0105 e. The Morgan fingerprint density at radius 2 is 2.00 bits per heavy atom. The molecule has 8 heavy (non-hydrogen) atoms. The first kappa shape index (κ1) is 8.21. The van der Waals surface area contributed by atoms with Gasteiger partial charge in [0.1, 0.15) is 0 Å². The van der Waals surface area contributed by atoms with Crippen LogP contribution in [0.4, 0.5) is 0 Å². The van der Waals surface area contributed by atoms with Crippen LogP contribution >= 0.6 is 12.4 Å². The van der Waals surface area contributed by atoms with Gasteiger partial charge in [-0.25, -0.2) is 0 Å². The van der Waals surface area contributed by atoms with E-state index in [0.717, 1.165) is 13.1 Å². The highest BCUT2D eigenvalue weighted by molar-refractivity contribution is 5.85. The fourth-order valence-corrected chi connectivity index (χ4v) is 0.788. The summed E-state index contributed by atoms with van der Waals surface area (Å²) in [5, 5.41) is 0. The average molecular weight is 137 g/mol. The lowest BCUT2D eigenvalue weighted by Crippen LogP contribution is -2.40. The van der Waals surface area contributed by atoms with Crippen molar-refractivity contribution in [2.75, 3.05) is 26.2 Å². The standard InChI is InChI=1S/C5H12N2.ClH/c6-2-5-7-3-1-4-7;/h1-6H2;1H. The fraction of sp³-hybridized carbons (Fsp3) is 1.00. The summed E-state index contributed by atoms with van der Waals surface area (Å²) in [6.07, 6.45) is 1.38. The molecular weight excluding hydrogens is 124 g/mol. The maximum absolute atomic E-state index is 5.30. The van der Waals surface area contributed by atoms with Crippen LogP contribution in [-0.2, 0) is 0 Å². The van der Waals surface area contributed by atoms with Crippen LogP contribution in [0.15, 0.2) is 0 Å². The molecule has 0 bridgehead atoms. The van der Waals surface area contributed by atoms with E-state index in [1.165, 1.54) is 19.5 Å². The number of hydrogen-bond acceptors (Lipinski definition) is 2. The summed E-state index contributed by atoms with van der Waals surface area (Å²) >= 11 is 0. The lowest BCUT2D eigenvalue weighted by Gasteiger charge is -2.29. The molecule has 0 atom stereocenters. The highest BCUT2D eigenvalue weighted by Crippen LogP contribution is 2.02. The highest BCUT2D eigenvalue weighted by Gasteiger charge is 2.10. The zero-order valence-corrected chi connectivity index (χ0v) is 5.78. The maximum Gasteiger partial charge on any atom is 0.0105 e. The Balaban J connectivity index is 0.000000490. The zero-order valence-electron chi connectivity index (χ0n) is 4.97. The predicted molar refractivity (Wildman–Crippen MR) is 37.4 cm³/mol. The maximum atomic E-state index is 5.30. The van der Waals surface area contributed by atoms with Crippen LogP contribution in [0.5, 0.6) is 0 Å². The van der Waals surface area contributed by atoms with Crippen molar-refractivity contribution < 1.29 is 0 Å². The summed E-state index contributed by atoms with van der Waals surface area (Å²) in [5.41, 5.74) is 5.30. The Morgan fingerprint density at radius 3 is 2.12 bits per heavy atom. The van der Waals surface area contributed by atoms with E-state index in [1.54, 1.807) is 0 Å². The second-order valence-corrected chi connectivity index (χ2v) is 1.98. The zero-order chi connectivity index (χ0) is 5.11. The minimum Gasteiger partial charge on any atom is -0.329 e. The van der Waals surface area contributed by atoms with E-state index in [4.69, 9.17) is 5.73 Å². The first-order valence-electron chi connectivity index (χ1n) is 2.86. The van der Waals surface area contributed by atoms with E-state index < -0.39 is 0 Å². The first-order chi connectivity index (χ1) is 3.43. The summed E-state index contributed by atoms with van der Waals surface area (Å²) in [6.45, 7) is 4.47. The normalized spacial score (nSPS) is 19.1. The molecule has 3 heteroatoms. The van der Waals surface area contributed by atoms with E-state index in [0.29, 0.717) is 0 Å². The highest BCUT2D eigenvalue weighted by atomic mass is 35.5. The van der Waals surface area contributed by atoms with E-state index in [1.807, 2.05) is 0 Å². The molecule has 0 amide bonds. The second kappa shape index (κ2) is 4.13. The molecule has 2 N–H and O–H groups in total. The number of nitrogens with two attached hydrogens (primary N) is 1. The predicted octanol–water partition coefficient (Wildman–Crippen LogP) is 0.0726. The number of rotatable bonds is 2. The van der Waals surface area contributed by atoms with Gasteiger partial charge in [-0.3, -0.25) is 0 Å². The van der Waals surface area contributed by atoms with Crippen LogP contribution in [0.1, 0.15) is 6.42 Å². The van der Waals surface area contributed by atoms with Crippen molar-refractivity contribution in [2.45, 2.75) is 6.42 Å². The van der Waals surface area contributed by atoms with Crippen molar-refractivity contribution in [3.63, 3.8) is 0 Å². The minimum absolute atomic E-state index is 0. The molecule has 50 valence electrons. The molecule has 0 unspecified atom stereocenters. The molecule has 0 aromatic rings. The quantitative estimate of drug-likeness (QED) is 0.583. The lowest BCUT2D eigenvalue weighted by molar-refractivity contribution is 0.187. The van der Waals surface area contributed by atoms with Crippen LogP contribution in [0.3, 0.4) is 0 Å². The lowest BCUT2D eigenvalue weighted by atomic mass is 10.2. The topological polar surface area (TPSA) is 29.3 Å². The van der Waals surface area contributed by atoms with Gasteiger partial charge >= 0.3 is 0 Å². The Morgan fingerprint density at radius 1 is 1.38 bits per heavy atom. The molecule has 2 nitrogen and oxygen atoms in total. The third-order valence-electron chi connectivity index (χ3n) is 1.39. The van der Waals surface area contributed by atoms with Gasteiger partial charge in [-0.15, -0.1) is 12.4 Å². The Bertz CT molecular complexity index is 54.4. The molecule has 1 saturated heterocycles. The second-order valence-electron chi connectivity index (χ2n) is 1.98. The molecule has 1 fully saturated rings. The van der Waals surface area contributed by atoms with Gasteiger partial charge in [-0.05, 0) is 19.5 Å². The van der Waals surface area contributed by atoms with Gasteiger partial charge in [0, 0.05) is 13.1 Å².